The zero-order valence-corrected chi connectivity index (χ0v) is 10.6. The third-order valence-corrected chi connectivity index (χ3v) is 2.75. The lowest BCUT2D eigenvalue weighted by atomic mass is 10.1. The van der Waals surface area contributed by atoms with Crippen molar-refractivity contribution in [1.82, 2.24) is 0 Å². The van der Waals surface area contributed by atoms with Gasteiger partial charge in [-0.05, 0) is 36.8 Å². The molecule has 0 aliphatic carbocycles. The first-order valence-corrected chi connectivity index (χ1v) is 5.88. The van der Waals surface area contributed by atoms with Crippen LogP contribution in [-0.2, 0) is 6.61 Å². The lowest BCUT2D eigenvalue weighted by Crippen LogP contribution is -2.15. The Kier molecular flexibility index (Phi) is 3.80. The van der Waals surface area contributed by atoms with Crippen LogP contribution in [0.1, 0.15) is 16.7 Å². The van der Waals surface area contributed by atoms with Crippen molar-refractivity contribution in [3.8, 4) is 5.75 Å². The monoisotopic (exact) mass is 258 g/mol. The van der Waals surface area contributed by atoms with Crippen molar-refractivity contribution in [2.24, 2.45) is 5.73 Å². The molecular formula is C15H15FN2O. The quantitative estimate of drug-likeness (QED) is 0.654. The van der Waals surface area contributed by atoms with Crippen molar-refractivity contribution >= 4 is 5.84 Å². The summed E-state index contributed by atoms with van der Waals surface area (Å²) >= 11 is 0. The van der Waals surface area contributed by atoms with E-state index in [9.17, 15) is 4.39 Å². The highest BCUT2D eigenvalue weighted by Crippen LogP contribution is 2.17. The second kappa shape index (κ2) is 5.52. The highest BCUT2D eigenvalue weighted by atomic mass is 19.1. The maximum Gasteiger partial charge on any atom is 0.123 e. The average Bonchev–Trinajstić information content (AvgIpc) is 2.37. The van der Waals surface area contributed by atoms with Crippen LogP contribution < -0.4 is 10.5 Å². The fourth-order valence-corrected chi connectivity index (χ4v) is 1.79. The van der Waals surface area contributed by atoms with E-state index in [-0.39, 0.29) is 12.4 Å². The number of amidine groups is 1. The minimum atomic E-state index is -0.412. The molecule has 0 aliphatic heterocycles. The Morgan fingerprint density at radius 2 is 2.05 bits per heavy atom. The number of nitrogens with two attached hydrogens (primary N) is 1. The minimum absolute atomic E-state index is 0.164. The zero-order valence-electron chi connectivity index (χ0n) is 10.6. The summed E-state index contributed by atoms with van der Waals surface area (Å²) in [7, 11) is 0. The fraction of sp³-hybridized carbons (Fsp3) is 0.133. The normalized spacial score (nSPS) is 10.2. The van der Waals surface area contributed by atoms with Gasteiger partial charge in [0, 0.05) is 11.1 Å². The van der Waals surface area contributed by atoms with E-state index in [1.807, 2.05) is 31.2 Å². The molecule has 2 aromatic rings. The molecule has 3 N–H and O–H groups in total. The molecule has 3 nitrogen and oxygen atoms in total. The molecule has 0 aliphatic rings. The van der Waals surface area contributed by atoms with Gasteiger partial charge in [0.2, 0.25) is 0 Å². The van der Waals surface area contributed by atoms with Gasteiger partial charge >= 0.3 is 0 Å². The van der Waals surface area contributed by atoms with Gasteiger partial charge < -0.3 is 10.5 Å². The summed E-state index contributed by atoms with van der Waals surface area (Å²) in [5.41, 5.74) is 7.60. The molecule has 0 aromatic heterocycles. The first-order chi connectivity index (χ1) is 9.06. The summed E-state index contributed by atoms with van der Waals surface area (Å²) in [6, 6.07) is 11.8. The van der Waals surface area contributed by atoms with E-state index in [0.717, 1.165) is 11.3 Å². The second-order valence-corrected chi connectivity index (χ2v) is 4.32. The summed E-state index contributed by atoms with van der Waals surface area (Å²) in [5.74, 6) is 0.158. The molecule has 0 spiro atoms. The van der Waals surface area contributed by atoms with Gasteiger partial charge in [-0.2, -0.15) is 0 Å². The Morgan fingerprint density at radius 3 is 2.74 bits per heavy atom. The van der Waals surface area contributed by atoms with Crippen LogP contribution in [0.4, 0.5) is 4.39 Å². The van der Waals surface area contributed by atoms with Crippen LogP contribution in [-0.4, -0.2) is 5.84 Å². The molecular weight excluding hydrogens is 243 g/mol. The Balaban J connectivity index is 2.17. The lowest BCUT2D eigenvalue weighted by molar-refractivity contribution is 0.305. The number of halogens is 1. The lowest BCUT2D eigenvalue weighted by Gasteiger charge is -2.10. The van der Waals surface area contributed by atoms with E-state index in [2.05, 4.69) is 0 Å². The summed E-state index contributed by atoms with van der Waals surface area (Å²) in [6.07, 6.45) is 0. The zero-order chi connectivity index (χ0) is 13.8. The van der Waals surface area contributed by atoms with Crippen LogP contribution in [0, 0.1) is 18.2 Å². The predicted octanol–water partition coefficient (Wildman–Crippen LogP) is 3.00. The molecule has 0 saturated carbocycles. The van der Waals surface area contributed by atoms with Crippen molar-refractivity contribution in [3.63, 3.8) is 0 Å². The molecule has 98 valence electrons. The maximum atomic E-state index is 13.1. The molecule has 0 saturated heterocycles. The highest BCUT2D eigenvalue weighted by Gasteiger charge is 2.07. The Hall–Kier alpha value is -2.36. The minimum Gasteiger partial charge on any atom is -0.489 e. The van der Waals surface area contributed by atoms with E-state index >= 15 is 0 Å². The number of benzene rings is 2. The molecule has 0 heterocycles. The maximum absolute atomic E-state index is 13.1. The predicted molar refractivity (Wildman–Crippen MR) is 72.9 cm³/mol. The second-order valence-electron chi connectivity index (χ2n) is 4.32. The van der Waals surface area contributed by atoms with Crippen molar-refractivity contribution in [1.29, 1.82) is 5.41 Å². The number of hydrogen-bond donors (Lipinski definition) is 2. The Labute approximate surface area is 111 Å². The molecule has 0 bridgehead atoms. The largest absolute Gasteiger partial charge is 0.489 e. The van der Waals surface area contributed by atoms with Crippen molar-refractivity contribution in [3.05, 3.63) is 65.0 Å². The van der Waals surface area contributed by atoms with Crippen molar-refractivity contribution in [2.75, 3.05) is 0 Å². The molecule has 0 atom stereocenters. The van der Waals surface area contributed by atoms with Gasteiger partial charge in [-0.1, -0.05) is 18.2 Å². The molecule has 2 rings (SSSR count). The van der Waals surface area contributed by atoms with Gasteiger partial charge in [-0.3, -0.25) is 5.41 Å². The van der Waals surface area contributed by atoms with Crippen LogP contribution in [0.2, 0.25) is 0 Å². The van der Waals surface area contributed by atoms with E-state index in [4.69, 9.17) is 15.9 Å². The topological polar surface area (TPSA) is 59.1 Å². The Morgan fingerprint density at radius 1 is 1.26 bits per heavy atom. The van der Waals surface area contributed by atoms with Gasteiger partial charge in [0.1, 0.15) is 24.0 Å². The van der Waals surface area contributed by atoms with Crippen LogP contribution in [0.5, 0.6) is 5.75 Å². The average molecular weight is 258 g/mol. The van der Waals surface area contributed by atoms with E-state index < -0.39 is 5.82 Å². The van der Waals surface area contributed by atoms with Crippen molar-refractivity contribution in [2.45, 2.75) is 13.5 Å². The summed E-state index contributed by atoms with van der Waals surface area (Å²) < 4.78 is 18.8. The van der Waals surface area contributed by atoms with Gasteiger partial charge in [0.05, 0.1) is 0 Å². The van der Waals surface area contributed by atoms with Crippen LogP contribution >= 0.6 is 0 Å². The molecule has 0 fully saturated rings. The number of nitrogen functional groups attached to an aromatic ring is 1. The summed E-state index contributed by atoms with van der Waals surface area (Å²) in [5, 5.41) is 7.45. The fourth-order valence-electron chi connectivity index (χ4n) is 1.79. The Bertz CT molecular complexity index is 611. The first-order valence-electron chi connectivity index (χ1n) is 5.88. The number of nitrogens with one attached hydrogen (secondary N) is 1. The van der Waals surface area contributed by atoms with E-state index in [0.29, 0.717) is 11.1 Å². The standard InChI is InChI=1S/C15H15FN2O/c1-10-3-2-4-13(7-10)19-9-11-5-6-12(16)8-14(11)15(17)18/h2-8H,9H2,1H3,(H3,17,18). The van der Waals surface area contributed by atoms with Gasteiger partial charge in [0.25, 0.3) is 0 Å². The van der Waals surface area contributed by atoms with E-state index in [1.165, 1.54) is 12.1 Å². The van der Waals surface area contributed by atoms with E-state index in [1.54, 1.807) is 6.07 Å². The van der Waals surface area contributed by atoms with Gasteiger partial charge in [-0.25, -0.2) is 4.39 Å². The highest BCUT2D eigenvalue weighted by molar-refractivity contribution is 5.96. The van der Waals surface area contributed by atoms with Crippen LogP contribution in [0.25, 0.3) is 0 Å². The van der Waals surface area contributed by atoms with Crippen LogP contribution in [0.15, 0.2) is 42.5 Å². The third-order valence-electron chi connectivity index (χ3n) is 2.75. The van der Waals surface area contributed by atoms with Crippen molar-refractivity contribution < 1.29 is 9.13 Å². The summed E-state index contributed by atoms with van der Waals surface area (Å²) in [6.45, 7) is 2.23. The number of hydrogen-bond acceptors (Lipinski definition) is 2. The molecule has 0 unspecified atom stereocenters. The smallest absolute Gasteiger partial charge is 0.123 e. The number of ether oxygens (including phenoxy) is 1. The molecule has 4 heteroatoms. The van der Waals surface area contributed by atoms with Gasteiger partial charge in [-0.15, -0.1) is 0 Å². The number of aryl methyl sites for hydroxylation is 1. The number of rotatable bonds is 4. The first kappa shape index (κ1) is 13.1. The molecule has 19 heavy (non-hydrogen) atoms. The summed E-state index contributed by atoms with van der Waals surface area (Å²) in [4.78, 5) is 0. The molecule has 2 aromatic carbocycles. The third kappa shape index (κ3) is 3.31. The van der Waals surface area contributed by atoms with Crippen LogP contribution in [0.3, 0.4) is 0 Å². The molecule has 0 amide bonds. The SMILES string of the molecule is Cc1cccc(OCc2ccc(F)cc2C(=N)N)c1. The molecule has 0 radical (unpaired) electrons. The van der Waals surface area contributed by atoms with Gasteiger partial charge in [0.15, 0.2) is 0 Å².